The maximum atomic E-state index is 14.2. The SMILES string of the molecule is Cc1ccc(CN(C(=O)Cn2nnc3ccccc32)[C@@H](C(=O)NC[C@H]2CCCO2)c2nc3ccccc3n2C)cc1. The summed E-state index contributed by atoms with van der Waals surface area (Å²) in [5, 5.41) is 11.5. The van der Waals surface area contributed by atoms with Crippen molar-refractivity contribution in [3.05, 3.63) is 89.7 Å². The number of nitrogens with zero attached hydrogens (tertiary/aromatic N) is 6. The largest absolute Gasteiger partial charge is 0.376 e. The van der Waals surface area contributed by atoms with Crippen LogP contribution in [0.15, 0.2) is 72.8 Å². The van der Waals surface area contributed by atoms with Crippen molar-refractivity contribution in [3.8, 4) is 0 Å². The molecule has 2 atom stereocenters. The number of benzene rings is 3. The second-order valence-electron chi connectivity index (χ2n) is 10.5. The lowest BCUT2D eigenvalue weighted by Crippen LogP contribution is -2.47. The van der Waals surface area contributed by atoms with Gasteiger partial charge in [0.05, 0.1) is 22.7 Å². The Morgan fingerprint density at radius 3 is 2.49 bits per heavy atom. The molecule has 2 amide bonds. The number of para-hydroxylation sites is 3. The van der Waals surface area contributed by atoms with Crippen LogP contribution < -0.4 is 5.32 Å². The van der Waals surface area contributed by atoms with Gasteiger partial charge in [0.25, 0.3) is 5.91 Å². The Morgan fingerprint density at radius 1 is 1.02 bits per heavy atom. The summed E-state index contributed by atoms with van der Waals surface area (Å²) in [7, 11) is 1.88. The Balaban J connectivity index is 1.41. The molecule has 1 fully saturated rings. The first-order chi connectivity index (χ1) is 20.0. The number of rotatable bonds is 9. The quantitative estimate of drug-likeness (QED) is 0.300. The van der Waals surface area contributed by atoms with E-state index in [2.05, 4.69) is 15.6 Å². The third kappa shape index (κ3) is 5.55. The number of ether oxygens (including phenoxy) is 1. The molecule has 10 heteroatoms. The Labute approximate surface area is 237 Å². The normalized spacial score (nSPS) is 15.8. The maximum Gasteiger partial charge on any atom is 0.250 e. The smallest absolute Gasteiger partial charge is 0.250 e. The predicted molar refractivity (Wildman–Crippen MR) is 155 cm³/mol. The van der Waals surface area contributed by atoms with Crippen LogP contribution in [0.5, 0.6) is 0 Å². The number of amides is 2. The molecular weight excluding hydrogens is 518 g/mol. The number of nitrogens with one attached hydrogen (secondary N) is 1. The topological polar surface area (TPSA) is 107 Å². The first-order valence-corrected chi connectivity index (χ1v) is 13.9. The zero-order valence-corrected chi connectivity index (χ0v) is 23.2. The van der Waals surface area contributed by atoms with E-state index in [1.165, 1.54) is 0 Å². The van der Waals surface area contributed by atoms with Crippen molar-refractivity contribution in [1.82, 2.24) is 34.8 Å². The van der Waals surface area contributed by atoms with Gasteiger partial charge in [0.1, 0.15) is 17.9 Å². The molecule has 0 aliphatic carbocycles. The summed E-state index contributed by atoms with van der Waals surface area (Å²) in [5.74, 6) is -0.0895. The lowest BCUT2D eigenvalue weighted by Gasteiger charge is -2.31. The molecule has 1 aliphatic rings. The number of carbonyl (C=O) groups is 2. The number of carbonyl (C=O) groups excluding carboxylic acids is 2. The molecular formula is C31H33N7O3. The minimum atomic E-state index is -0.989. The van der Waals surface area contributed by atoms with Gasteiger partial charge in [-0.15, -0.1) is 5.10 Å². The minimum Gasteiger partial charge on any atom is -0.376 e. The predicted octanol–water partition coefficient (Wildman–Crippen LogP) is 3.69. The van der Waals surface area contributed by atoms with Crippen LogP contribution in [0.3, 0.4) is 0 Å². The van der Waals surface area contributed by atoms with E-state index < -0.39 is 6.04 Å². The van der Waals surface area contributed by atoms with Crippen molar-refractivity contribution in [2.24, 2.45) is 7.05 Å². The third-order valence-electron chi connectivity index (χ3n) is 7.65. The molecule has 41 heavy (non-hydrogen) atoms. The molecule has 0 spiro atoms. The van der Waals surface area contributed by atoms with Crippen LogP contribution in [-0.2, 0) is 34.5 Å². The molecule has 10 nitrogen and oxygen atoms in total. The molecule has 0 saturated carbocycles. The second-order valence-corrected chi connectivity index (χ2v) is 10.5. The van der Waals surface area contributed by atoms with Gasteiger partial charge in [-0.1, -0.05) is 59.3 Å². The zero-order chi connectivity index (χ0) is 28.3. The second kappa shape index (κ2) is 11.5. The van der Waals surface area contributed by atoms with Crippen LogP contribution in [0.25, 0.3) is 22.1 Å². The van der Waals surface area contributed by atoms with E-state index in [1.807, 2.05) is 91.3 Å². The zero-order valence-electron chi connectivity index (χ0n) is 23.2. The molecule has 5 aromatic rings. The lowest BCUT2D eigenvalue weighted by atomic mass is 10.1. The fourth-order valence-corrected chi connectivity index (χ4v) is 5.39. The minimum absolute atomic E-state index is 0.0391. The molecule has 3 heterocycles. The highest BCUT2D eigenvalue weighted by Crippen LogP contribution is 2.27. The van der Waals surface area contributed by atoms with Gasteiger partial charge in [-0.05, 0) is 49.6 Å². The summed E-state index contributed by atoms with van der Waals surface area (Å²) in [6, 6.07) is 22.2. The molecule has 1 aliphatic heterocycles. The number of aryl methyl sites for hydroxylation is 2. The highest BCUT2D eigenvalue weighted by Gasteiger charge is 2.36. The van der Waals surface area contributed by atoms with E-state index in [0.717, 1.165) is 40.5 Å². The Morgan fingerprint density at radius 2 is 1.76 bits per heavy atom. The van der Waals surface area contributed by atoms with Gasteiger partial charge in [-0.3, -0.25) is 9.59 Å². The highest BCUT2D eigenvalue weighted by molar-refractivity contribution is 5.90. The molecule has 0 bridgehead atoms. The monoisotopic (exact) mass is 551 g/mol. The summed E-state index contributed by atoms with van der Waals surface area (Å²) < 4.78 is 9.23. The van der Waals surface area contributed by atoms with Crippen molar-refractivity contribution < 1.29 is 14.3 Å². The number of imidazole rings is 1. The number of hydrogen-bond acceptors (Lipinski definition) is 6. The summed E-state index contributed by atoms with van der Waals surface area (Å²) in [6.07, 6.45) is 1.82. The summed E-state index contributed by atoms with van der Waals surface area (Å²) >= 11 is 0. The highest BCUT2D eigenvalue weighted by atomic mass is 16.5. The van der Waals surface area contributed by atoms with Crippen LogP contribution in [0, 0.1) is 6.92 Å². The van der Waals surface area contributed by atoms with Crippen LogP contribution in [0.2, 0.25) is 0 Å². The van der Waals surface area contributed by atoms with Crippen LogP contribution in [0.1, 0.15) is 35.8 Å². The molecule has 210 valence electrons. The Kier molecular flexibility index (Phi) is 7.47. The van der Waals surface area contributed by atoms with Crippen molar-refractivity contribution in [2.45, 2.75) is 45.0 Å². The average Bonchev–Trinajstić information content (AvgIpc) is 3.73. The first-order valence-electron chi connectivity index (χ1n) is 13.9. The summed E-state index contributed by atoms with van der Waals surface area (Å²) in [6.45, 7) is 3.22. The van der Waals surface area contributed by atoms with Crippen molar-refractivity contribution in [1.29, 1.82) is 0 Å². The van der Waals surface area contributed by atoms with Gasteiger partial charge in [-0.25, -0.2) is 9.67 Å². The Bertz CT molecular complexity index is 1690. The standard InChI is InChI=1S/C31H33N7O3/c1-21-13-15-22(16-14-21)19-37(28(39)20-38-27-12-6-4-10-25(27)34-35-38)29(31(40)32-18-23-8-7-17-41-23)30-33-24-9-3-5-11-26(24)36(30)2/h3-6,9-16,23,29H,7-8,17-20H2,1-2H3,(H,32,40)/t23-,29-/m1/s1. The van der Waals surface area contributed by atoms with Crippen LogP contribution in [0.4, 0.5) is 0 Å². The van der Waals surface area contributed by atoms with Gasteiger partial charge >= 0.3 is 0 Å². The Hall–Kier alpha value is -4.57. The van der Waals surface area contributed by atoms with E-state index in [9.17, 15) is 9.59 Å². The number of hydrogen-bond donors (Lipinski definition) is 1. The molecule has 1 saturated heterocycles. The van der Waals surface area contributed by atoms with E-state index in [1.54, 1.807) is 9.58 Å². The van der Waals surface area contributed by atoms with Crippen LogP contribution in [-0.4, -0.2) is 60.5 Å². The number of fused-ring (bicyclic) bond motifs is 2. The van der Waals surface area contributed by atoms with E-state index in [-0.39, 0.29) is 31.0 Å². The molecule has 1 N–H and O–H groups in total. The van der Waals surface area contributed by atoms with Crippen molar-refractivity contribution in [2.75, 3.05) is 13.2 Å². The molecule has 0 radical (unpaired) electrons. The van der Waals surface area contributed by atoms with E-state index >= 15 is 0 Å². The van der Waals surface area contributed by atoms with Gasteiger partial charge in [-0.2, -0.15) is 0 Å². The van der Waals surface area contributed by atoms with Gasteiger partial charge in [0, 0.05) is 26.7 Å². The lowest BCUT2D eigenvalue weighted by molar-refractivity contribution is -0.142. The third-order valence-corrected chi connectivity index (χ3v) is 7.65. The van der Waals surface area contributed by atoms with Gasteiger partial charge < -0.3 is 19.5 Å². The number of aromatic nitrogens is 5. The molecule has 6 rings (SSSR count). The molecule has 3 aromatic carbocycles. The van der Waals surface area contributed by atoms with E-state index in [4.69, 9.17) is 9.72 Å². The van der Waals surface area contributed by atoms with Gasteiger partial charge in [0.15, 0.2) is 6.04 Å². The molecule has 0 unspecified atom stereocenters. The van der Waals surface area contributed by atoms with Crippen molar-refractivity contribution >= 4 is 33.9 Å². The average molecular weight is 552 g/mol. The molecule has 2 aromatic heterocycles. The van der Waals surface area contributed by atoms with Gasteiger partial charge in [0.2, 0.25) is 5.91 Å². The van der Waals surface area contributed by atoms with Crippen molar-refractivity contribution in [3.63, 3.8) is 0 Å². The summed E-state index contributed by atoms with van der Waals surface area (Å²) in [4.78, 5) is 34.8. The fourth-order valence-electron chi connectivity index (χ4n) is 5.39. The first kappa shape index (κ1) is 26.6. The maximum absolute atomic E-state index is 14.2. The fraction of sp³-hybridized carbons (Fsp3) is 0.323. The van der Waals surface area contributed by atoms with Crippen LogP contribution >= 0.6 is 0 Å². The summed E-state index contributed by atoms with van der Waals surface area (Å²) in [5.41, 5.74) is 5.10. The van der Waals surface area contributed by atoms with E-state index in [0.29, 0.717) is 24.5 Å².